The van der Waals surface area contributed by atoms with E-state index in [4.69, 9.17) is 5.73 Å². The summed E-state index contributed by atoms with van der Waals surface area (Å²) in [7, 11) is 3.85. The number of carbonyl (C=O) groups is 3. The molecule has 192 valence electrons. The van der Waals surface area contributed by atoms with Gasteiger partial charge in [-0.25, -0.2) is 0 Å². The van der Waals surface area contributed by atoms with Crippen molar-refractivity contribution in [3.63, 3.8) is 0 Å². The Bertz CT molecular complexity index is 1450. The number of fused-ring (bicyclic) bond motifs is 3. The third-order valence-corrected chi connectivity index (χ3v) is 8.13. The summed E-state index contributed by atoms with van der Waals surface area (Å²) >= 11 is 0. The molecule has 0 heterocycles. The summed E-state index contributed by atoms with van der Waals surface area (Å²) in [5, 5.41) is 44.0. The molecule has 0 aliphatic heterocycles. The van der Waals surface area contributed by atoms with Crippen LogP contribution in [-0.4, -0.2) is 57.6 Å². The average Bonchev–Trinajstić information content (AvgIpc) is 2.81. The van der Waals surface area contributed by atoms with Gasteiger partial charge in [0.1, 0.15) is 22.8 Å². The summed E-state index contributed by atoms with van der Waals surface area (Å²) in [5.74, 6) is -5.48. The zero-order chi connectivity index (χ0) is 27.0. The van der Waals surface area contributed by atoms with Crippen LogP contribution >= 0.6 is 0 Å². The fraction of sp³-hybridized carbons (Fsp3) is 0.321. The van der Waals surface area contributed by atoms with Crippen molar-refractivity contribution in [2.75, 3.05) is 19.0 Å². The Kier molecular flexibility index (Phi) is 5.28. The van der Waals surface area contributed by atoms with E-state index in [1.165, 1.54) is 13.0 Å². The number of nitrogens with two attached hydrogens (primary N) is 1. The summed E-state index contributed by atoms with van der Waals surface area (Å²) in [6.07, 6.45) is 0.0124. The molecule has 0 saturated carbocycles. The lowest BCUT2D eigenvalue weighted by atomic mass is 9.53. The number of aliphatic hydroxyl groups excluding tert-OH is 2. The van der Waals surface area contributed by atoms with Crippen LogP contribution < -0.4 is 10.6 Å². The Morgan fingerprint density at radius 3 is 2.30 bits per heavy atom. The number of benzene rings is 2. The molecule has 0 fully saturated rings. The van der Waals surface area contributed by atoms with Crippen molar-refractivity contribution in [2.24, 2.45) is 17.1 Å². The molecule has 0 bridgehead atoms. The van der Waals surface area contributed by atoms with Gasteiger partial charge in [-0.3, -0.25) is 14.4 Å². The van der Waals surface area contributed by atoms with Crippen molar-refractivity contribution in [2.45, 2.75) is 31.8 Å². The average molecular weight is 505 g/mol. The van der Waals surface area contributed by atoms with Gasteiger partial charge in [0, 0.05) is 37.2 Å². The molecule has 0 unspecified atom stereocenters. The van der Waals surface area contributed by atoms with Gasteiger partial charge in [0.25, 0.3) is 5.91 Å². The number of amides is 1. The number of rotatable bonds is 3. The van der Waals surface area contributed by atoms with E-state index < -0.39 is 51.5 Å². The molecule has 37 heavy (non-hydrogen) atoms. The topological polar surface area (TPSA) is 161 Å². The maximum Gasteiger partial charge on any atom is 0.255 e. The first-order valence-corrected chi connectivity index (χ1v) is 11.9. The zero-order valence-electron chi connectivity index (χ0n) is 20.7. The van der Waals surface area contributed by atoms with Crippen LogP contribution in [0.2, 0.25) is 0 Å². The molecule has 3 aliphatic carbocycles. The number of Topliss-reactive ketones (excluding diaryl/α,β-unsaturated/α-hetero) is 2. The first-order valence-electron chi connectivity index (χ1n) is 11.9. The van der Waals surface area contributed by atoms with Gasteiger partial charge in [-0.1, -0.05) is 25.1 Å². The highest BCUT2D eigenvalue weighted by Crippen LogP contribution is 2.58. The second-order valence-corrected chi connectivity index (χ2v) is 10.6. The Morgan fingerprint density at radius 2 is 1.70 bits per heavy atom. The largest absolute Gasteiger partial charge is 0.511 e. The monoisotopic (exact) mass is 504 g/mol. The van der Waals surface area contributed by atoms with Gasteiger partial charge in [0.05, 0.1) is 5.56 Å². The van der Waals surface area contributed by atoms with Gasteiger partial charge in [-0.15, -0.1) is 0 Å². The van der Waals surface area contributed by atoms with Gasteiger partial charge in [0.15, 0.2) is 11.4 Å². The highest BCUT2D eigenvalue weighted by Gasteiger charge is 2.65. The van der Waals surface area contributed by atoms with Gasteiger partial charge in [-0.05, 0) is 53.6 Å². The lowest BCUT2D eigenvalue weighted by Gasteiger charge is -2.52. The van der Waals surface area contributed by atoms with Crippen molar-refractivity contribution in [3.05, 3.63) is 70.2 Å². The highest BCUT2D eigenvalue weighted by molar-refractivity contribution is 6.24. The van der Waals surface area contributed by atoms with Crippen LogP contribution in [0.5, 0.6) is 5.75 Å². The highest BCUT2D eigenvalue weighted by atomic mass is 16.3. The number of phenolic OH excluding ortho intramolecular Hbond substituents is 1. The van der Waals surface area contributed by atoms with Gasteiger partial charge < -0.3 is 31.1 Å². The first-order chi connectivity index (χ1) is 17.3. The molecule has 5 rings (SSSR count). The summed E-state index contributed by atoms with van der Waals surface area (Å²) in [5.41, 5.74) is 3.43. The van der Waals surface area contributed by atoms with Gasteiger partial charge in [-0.2, -0.15) is 0 Å². The SMILES string of the molecule is CN(C)c1ccc(-c2ccc(O)c3c2C[C@H]2C[C@@]4(C)CC(O)=C(C(N)=O)C(=O)[C@@]4(O)C(O)=C2C3=O)cc1. The Morgan fingerprint density at radius 1 is 1.05 bits per heavy atom. The van der Waals surface area contributed by atoms with Crippen molar-refractivity contribution in [1.29, 1.82) is 0 Å². The molecule has 3 atom stereocenters. The smallest absolute Gasteiger partial charge is 0.255 e. The third-order valence-electron chi connectivity index (χ3n) is 8.13. The summed E-state index contributed by atoms with van der Waals surface area (Å²) in [6.45, 7) is 1.52. The summed E-state index contributed by atoms with van der Waals surface area (Å²) in [4.78, 5) is 40.8. The second-order valence-electron chi connectivity index (χ2n) is 10.6. The van der Waals surface area contributed by atoms with E-state index in [-0.39, 0.29) is 36.1 Å². The number of anilines is 1. The Balaban J connectivity index is 1.68. The number of allylic oxidation sites excluding steroid dienone is 2. The molecule has 2 aromatic rings. The van der Waals surface area contributed by atoms with Crippen molar-refractivity contribution in [1.82, 2.24) is 0 Å². The number of hydrogen-bond acceptors (Lipinski definition) is 8. The van der Waals surface area contributed by atoms with E-state index in [0.717, 1.165) is 16.8 Å². The van der Waals surface area contributed by atoms with Crippen LogP contribution in [0.1, 0.15) is 35.7 Å². The molecule has 0 saturated heterocycles. The number of primary amides is 1. The van der Waals surface area contributed by atoms with Crippen molar-refractivity contribution < 1.29 is 34.8 Å². The van der Waals surface area contributed by atoms with Crippen molar-refractivity contribution >= 4 is 23.2 Å². The predicted molar refractivity (Wildman–Crippen MR) is 135 cm³/mol. The molecule has 2 aromatic carbocycles. The van der Waals surface area contributed by atoms with E-state index in [1.54, 1.807) is 6.07 Å². The van der Waals surface area contributed by atoms with Crippen LogP contribution in [0.4, 0.5) is 5.69 Å². The molecule has 0 aromatic heterocycles. The Hall–Kier alpha value is -4.11. The molecule has 0 radical (unpaired) electrons. The molecular weight excluding hydrogens is 476 g/mol. The molecule has 9 nitrogen and oxygen atoms in total. The lowest BCUT2D eigenvalue weighted by molar-refractivity contribution is -0.156. The zero-order valence-corrected chi connectivity index (χ0v) is 20.7. The fourth-order valence-electron chi connectivity index (χ4n) is 6.23. The van der Waals surface area contributed by atoms with E-state index in [1.807, 2.05) is 43.3 Å². The number of aliphatic hydroxyl groups is 3. The third kappa shape index (κ3) is 3.23. The fourth-order valence-corrected chi connectivity index (χ4v) is 6.23. The maximum absolute atomic E-state index is 13.8. The van der Waals surface area contributed by atoms with Crippen LogP contribution in [0.15, 0.2) is 59.1 Å². The standard InChI is InChI=1S/C28H28N2O7/c1-27-11-14-10-17-16(13-4-6-15(7-5-13)30(2)3)8-9-18(31)21(17)23(33)20(14)24(34)28(27,37)25(35)22(26(29)36)19(32)12-27/h4-9,14,31-32,34,37H,10-12H2,1-3H3,(H2,29,36)/t14-,27-,28-/m0/s1. The van der Waals surface area contributed by atoms with Gasteiger partial charge in [0.2, 0.25) is 5.78 Å². The van der Waals surface area contributed by atoms with Crippen LogP contribution in [0, 0.1) is 11.3 Å². The Labute approximate surface area is 213 Å². The van der Waals surface area contributed by atoms with Crippen LogP contribution in [0.25, 0.3) is 11.1 Å². The van der Waals surface area contributed by atoms with E-state index in [2.05, 4.69) is 0 Å². The number of nitrogens with zero attached hydrogens (tertiary/aromatic N) is 1. The van der Waals surface area contributed by atoms with Crippen LogP contribution in [-0.2, 0) is 16.0 Å². The summed E-state index contributed by atoms with van der Waals surface area (Å²) in [6, 6.07) is 10.9. The summed E-state index contributed by atoms with van der Waals surface area (Å²) < 4.78 is 0. The molecule has 9 heteroatoms. The molecule has 0 spiro atoms. The van der Waals surface area contributed by atoms with Gasteiger partial charge >= 0.3 is 0 Å². The van der Waals surface area contributed by atoms with Crippen LogP contribution in [0.3, 0.4) is 0 Å². The maximum atomic E-state index is 13.8. The lowest BCUT2D eigenvalue weighted by Crippen LogP contribution is -2.62. The molecule has 3 aliphatic rings. The first kappa shape index (κ1) is 24.6. The number of aromatic hydroxyl groups is 1. The normalized spacial score (nSPS) is 27.0. The predicted octanol–water partition coefficient (Wildman–Crippen LogP) is 2.70. The number of carbonyl (C=O) groups excluding carboxylic acids is 3. The second kappa shape index (κ2) is 7.94. The van der Waals surface area contributed by atoms with E-state index in [9.17, 15) is 34.8 Å². The minimum atomic E-state index is -2.63. The number of ketones is 2. The molecule has 1 amide bonds. The minimum absolute atomic E-state index is 0.00374. The number of hydrogen-bond donors (Lipinski definition) is 5. The van der Waals surface area contributed by atoms with E-state index >= 15 is 0 Å². The quantitative estimate of drug-likeness (QED) is 0.399. The van der Waals surface area contributed by atoms with E-state index in [0.29, 0.717) is 5.56 Å². The number of phenols is 1. The minimum Gasteiger partial charge on any atom is -0.511 e. The van der Waals surface area contributed by atoms with Crippen molar-refractivity contribution in [3.8, 4) is 16.9 Å². The molecular formula is C28H28N2O7. The molecule has 6 N–H and O–H groups in total.